The first-order valence-corrected chi connectivity index (χ1v) is 9.13. The van der Waals surface area contributed by atoms with Crippen LogP contribution in [0, 0.1) is 0 Å². The van der Waals surface area contributed by atoms with E-state index in [9.17, 15) is 0 Å². The summed E-state index contributed by atoms with van der Waals surface area (Å²) in [4.78, 5) is 0. The first-order valence-electron chi connectivity index (χ1n) is 9.13. The molecule has 3 unspecified atom stereocenters. The highest BCUT2D eigenvalue weighted by Crippen LogP contribution is 2.40. The molecule has 0 bridgehead atoms. The second kappa shape index (κ2) is 7.32. The van der Waals surface area contributed by atoms with Crippen LogP contribution in [0.1, 0.15) is 57.9 Å². The van der Waals surface area contributed by atoms with Gasteiger partial charge in [0.25, 0.3) is 0 Å². The van der Waals surface area contributed by atoms with Crippen molar-refractivity contribution in [3.8, 4) is 0 Å². The fourth-order valence-electron chi connectivity index (χ4n) is 3.55. The van der Waals surface area contributed by atoms with E-state index < -0.39 is 0 Å². The summed E-state index contributed by atoms with van der Waals surface area (Å²) < 4.78 is 7.87. The van der Waals surface area contributed by atoms with Gasteiger partial charge in [-0.2, -0.15) is 5.10 Å². The van der Waals surface area contributed by atoms with Crippen molar-refractivity contribution in [2.75, 3.05) is 6.61 Å². The number of nitrogens with zero attached hydrogens (tertiary/aromatic N) is 2. The molecule has 1 heterocycles. The van der Waals surface area contributed by atoms with Crippen molar-refractivity contribution >= 4 is 0 Å². The van der Waals surface area contributed by atoms with Gasteiger partial charge in [0.05, 0.1) is 12.3 Å². The maximum Gasteiger partial charge on any atom is 0.0604 e. The SMILES string of the molecule is CC(C)NC1CC(OCCC(C)NC2CC2c2cnn(C)c2)C1. The molecule has 5 nitrogen and oxygen atoms in total. The monoisotopic (exact) mass is 320 g/mol. The molecule has 3 atom stereocenters. The minimum Gasteiger partial charge on any atom is -0.378 e. The maximum atomic E-state index is 5.98. The Morgan fingerprint density at radius 1 is 1.26 bits per heavy atom. The molecular weight excluding hydrogens is 288 g/mol. The summed E-state index contributed by atoms with van der Waals surface area (Å²) >= 11 is 0. The van der Waals surface area contributed by atoms with Crippen molar-refractivity contribution in [3.05, 3.63) is 18.0 Å². The summed E-state index contributed by atoms with van der Waals surface area (Å²) in [5.74, 6) is 0.654. The van der Waals surface area contributed by atoms with Crippen molar-refractivity contribution in [2.24, 2.45) is 7.05 Å². The Morgan fingerprint density at radius 2 is 2.04 bits per heavy atom. The smallest absolute Gasteiger partial charge is 0.0604 e. The molecule has 0 radical (unpaired) electrons. The van der Waals surface area contributed by atoms with E-state index in [1.54, 1.807) is 0 Å². The van der Waals surface area contributed by atoms with Gasteiger partial charge in [0.2, 0.25) is 0 Å². The highest BCUT2D eigenvalue weighted by atomic mass is 16.5. The van der Waals surface area contributed by atoms with Gasteiger partial charge in [-0.3, -0.25) is 4.68 Å². The molecule has 130 valence electrons. The number of ether oxygens (including phenoxy) is 1. The van der Waals surface area contributed by atoms with Crippen LogP contribution in [0.15, 0.2) is 12.4 Å². The average Bonchev–Trinajstić information content (AvgIpc) is 3.06. The van der Waals surface area contributed by atoms with E-state index in [1.807, 2.05) is 17.9 Å². The fourth-order valence-corrected chi connectivity index (χ4v) is 3.55. The molecule has 0 amide bonds. The summed E-state index contributed by atoms with van der Waals surface area (Å²) in [6, 6.07) is 2.39. The molecular formula is C18H32N4O. The van der Waals surface area contributed by atoms with Crippen molar-refractivity contribution in [1.82, 2.24) is 20.4 Å². The maximum absolute atomic E-state index is 5.98. The number of nitrogens with one attached hydrogen (secondary N) is 2. The summed E-state index contributed by atoms with van der Waals surface area (Å²) in [7, 11) is 1.98. The van der Waals surface area contributed by atoms with Gasteiger partial charge in [0.15, 0.2) is 0 Å². The van der Waals surface area contributed by atoms with E-state index in [1.165, 1.54) is 24.8 Å². The first-order chi connectivity index (χ1) is 11.0. The topological polar surface area (TPSA) is 51.1 Å². The molecule has 2 aliphatic rings. The zero-order chi connectivity index (χ0) is 16.4. The van der Waals surface area contributed by atoms with Crippen molar-refractivity contribution in [3.63, 3.8) is 0 Å². The second-order valence-electron chi connectivity index (χ2n) is 7.73. The van der Waals surface area contributed by atoms with E-state index in [4.69, 9.17) is 4.74 Å². The largest absolute Gasteiger partial charge is 0.378 e. The Bertz CT molecular complexity index is 495. The van der Waals surface area contributed by atoms with E-state index in [-0.39, 0.29) is 0 Å². The quantitative estimate of drug-likeness (QED) is 0.732. The molecule has 2 N–H and O–H groups in total. The first kappa shape index (κ1) is 16.9. The van der Waals surface area contributed by atoms with Crippen LogP contribution in [-0.4, -0.2) is 46.7 Å². The third-order valence-corrected chi connectivity index (χ3v) is 5.01. The molecule has 2 fully saturated rings. The van der Waals surface area contributed by atoms with E-state index in [2.05, 4.69) is 42.7 Å². The highest BCUT2D eigenvalue weighted by molar-refractivity contribution is 5.23. The molecule has 2 aliphatic carbocycles. The molecule has 23 heavy (non-hydrogen) atoms. The molecule has 1 aromatic rings. The molecule has 1 aromatic heterocycles. The predicted octanol–water partition coefficient (Wildman–Crippen LogP) is 2.19. The zero-order valence-electron chi connectivity index (χ0n) is 15.0. The van der Waals surface area contributed by atoms with Gasteiger partial charge in [-0.15, -0.1) is 0 Å². The van der Waals surface area contributed by atoms with Crippen LogP contribution in [0.5, 0.6) is 0 Å². The Labute approximate surface area is 140 Å². The Hall–Kier alpha value is -0.910. The third-order valence-electron chi connectivity index (χ3n) is 5.01. The van der Waals surface area contributed by atoms with Crippen LogP contribution < -0.4 is 10.6 Å². The van der Waals surface area contributed by atoms with Crippen LogP contribution in [0.3, 0.4) is 0 Å². The molecule has 2 saturated carbocycles. The minimum atomic E-state index is 0.475. The van der Waals surface area contributed by atoms with Crippen molar-refractivity contribution < 1.29 is 4.74 Å². The number of hydrogen-bond donors (Lipinski definition) is 2. The van der Waals surface area contributed by atoms with E-state index in [0.717, 1.165) is 13.0 Å². The molecule has 3 rings (SSSR count). The van der Waals surface area contributed by atoms with Crippen LogP contribution in [0.25, 0.3) is 0 Å². The number of aryl methyl sites for hydroxylation is 1. The number of hydrogen-bond acceptors (Lipinski definition) is 4. The standard InChI is InChI=1S/C18H32N4O/c1-12(2)20-15-7-16(8-15)23-6-5-13(3)21-18-9-17(18)14-10-19-22(4)11-14/h10-13,15-18,20-21H,5-9H2,1-4H3. The number of aromatic nitrogens is 2. The lowest BCUT2D eigenvalue weighted by molar-refractivity contribution is -0.0208. The van der Waals surface area contributed by atoms with Crippen molar-refractivity contribution in [2.45, 2.75) is 82.6 Å². The van der Waals surface area contributed by atoms with Crippen LogP contribution in [-0.2, 0) is 11.8 Å². The third kappa shape index (κ3) is 4.78. The summed E-state index contributed by atoms with van der Waals surface area (Å²) in [5, 5.41) is 11.6. The Balaban J connectivity index is 1.25. The molecule has 5 heteroatoms. The molecule has 0 saturated heterocycles. The van der Waals surface area contributed by atoms with Crippen LogP contribution >= 0.6 is 0 Å². The summed E-state index contributed by atoms with van der Waals surface area (Å²) in [6.45, 7) is 7.56. The Kier molecular flexibility index (Phi) is 5.39. The van der Waals surface area contributed by atoms with Gasteiger partial charge in [-0.1, -0.05) is 13.8 Å². The van der Waals surface area contributed by atoms with Gasteiger partial charge in [0.1, 0.15) is 0 Å². The Morgan fingerprint density at radius 3 is 2.70 bits per heavy atom. The van der Waals surface area contributed by atoms with Gasteiger partial charge in [-0.25, -0.2) is 0 Å². The lowest BCUT2D eigenvalue weighted by Crippen LogP contribution is -2.48. The van der Waals surface area contributed by atoms with Gasteiger partial charge >= 0.3 is 0 Å². The van der Waals surface area contributed by atoms with E-state index >= 15 is 0 Å². The van der Waals surface area contributed by atoms with Gasteiger partial charge < -0.3 is 15.4 Å². The minimum absolute atomic E-state index is 0.475. The highest BCUT2D eigenvalue weighted by Gasteiger charge is 2.39. The zero-order valence-corrected chi connectivity index (χ0v) is 15.0. The van der Waals surface area contributed by atoms with Crippen LogP contribution in [0.2, 0.25) is 0 Å². The molecule has 0 spiro atoms. The van der Waals surface area contributed by atoms with Gasteiger partial charge in [-0.05, 0) is 38.2 Å². The normalized spacial score (nSPS) is 31.2. The van der Waals surface area contributed by atoms with Crippen LogP contribution in [0.4, 0.5) is 0 Å². The summed E-state index contributed by atoms with van der Waals surface area (Å²) in [6.07, 6.45) is 9.29. The molecule has 0 aromatic carbocycles. The number of rotatable bonds is 9. The second-order valence-corrected chi connectivity index (χ2v) is 7.73. The fraction of sp³-hybridized carbons (Fsp3) is 0.833. The lowest BCUT2D eigenvalue weighted by atomic mass is 9.89. The van der Waals surface area contributed by atoms with Gasteiger partial charge in [0, 0.05) is 49.9 Å². The predicted molar refractivity (Wildman–Crippen MR) is 92.6 cm³/mol. The lowest BCUT2D eigenvalue weighted by Gasteiger charge is -2.37. The molecule has 0 aliphatic heterocycles. The summed E-state index contributed by atoms with van der Waals surface area (Å²) in [5.41, 5.74) is 1.37. The van der Waals surface area contributed by atoms with Crippen molar-refractivity contribution in [1.29, 1.82) is 0 Å². The van der Waals surface area contributed by atoms with E-state index in [0.29, 0.717) is 36.2 Å². The average molecular weight is 320 g/mol.